The molecule has 8 heteroatoms. The van der Waals surface area contributed by atoms with Crippen LogP contribution in [0.2, 0.25) is 15.1 Å². The lowest BCUT2D eigenvalue weighted by Crippen LogP contribution is -2.01. The van der Waals surface area contributed by atoms with Crippen molar-refractivity contribution in [2.45, 2.75) is 6.92 Å². The Morgan fingerprint density at radius 2 is 1.82 bits per heavy atom. The average Bonchev–Trinajstić information content (AvgIpc) is 2.43. The molecular weight excluding hydrogens is 351 g/mol. The van der Waals surface area contributed by atoms with Crippen LogP contribution in [0.5, 0.6) is 11.5 Å². The number of nitrogens with one attached hydrogen (secondary N) is 1. The van der Waals surface area contributed by atoms with Crippen LogP contribution in [0.1, 0.15) is 6.92 Å². The van der Waals surface area contributed by atoms with Gasteiger partial charge in [0.15, 0.2) is 5.75 Å². The van der Waals surface area contributed by atoms with Crippen molar-refractivity contribution in [2.75, 3.05) is 11.9 Å². The summed E-state index contributed by atoms with van der Waals surface area (Å²) in [7, 11) is 0. The number of nitro benzene ring substituents is 1. The van der Waals surface area contributed by atoms with Crippen LogP contribution in [0.25, 0.3) is 0 Å². The van der Waals surface area contributed by atoms with Crippen LogP contribution in [-0.4, -0.2) is 11.5 Å². The van der Waals surface area contributed by atoms with E-state index in [0.29, 0.717) is 23.0 Å². The van der Waals surface area contributed by atoms with Crippen LogP contribution in [-0.2, 0) is 0 Å². The Hall–Kier alpha value is -1.69. The number of halogens is 3. The third-order valence-corrected chi connectivity index (χ3v) is 3.49. The minimum Gasteiger partial charge on any atom is -0.454 e. The summed E-state index contributed by atoms with van der Waals surface area (Å²) in [5.41, 5.74) is 0.314. The van der Waals surface area contributed by atoms with E-state index in [9.17, 15) is 10.1 Å². The molecule has 0 aliphatic heterocycles. The average molecular weight is 362 g/mol. The molecule has 0 bridgehead atoms. The Morgan fingerprint density at radius 3 is 2.36 bits per heavy atom. The second-order valence-electron chi connectivity index (χ2n) is 4.27. The van der Waals surface area contributed by atoms with Gasteiger partial charge in [-0.1, -0.05) is 34.8 Å². The molecule has 0 unspecified atom stereocenters. The van der Waals surface area contributed by atoms with Crippen LogP contribution < -0.4 is 10.1 Å². The zero-order valence-corrected chi connectivity index (χ0v) is 13.7. The normalized spacial score (nSPS) is 10.4. The third kappa shape index (κ3) is 3.74. The van der Waals surface area contributed by atoms with Gasteiger partial charge in [0.05, 0.1) is 15.0 Å². The summed E-state index contributed by atoms with van der Waals surface area (Å²) in [5, 5.41) is 14.8. The number of nitrogens with zero attached hydrogens (tertiary/aromatic N) is 1. The molecule has 2 aromatic carbocycles. The molecule has 0 radical (unpaired) electrons. The molecule has 1 N–H and O–H groups in total. The molecule has 0 fully saturated rings. The van der Waals surface area contributed by atoms with Crippen LogP contribution in [0.15, 0.2) is 30.3 Å². The minimum absolute atomic E-state index is 0.0394. The van der Waals surface area contributed by atoms with Gasteiger partial charge in [-0.05, 0) is 25.1 Å². The standard InChI is InChI=1S/C14H11Cl3N2O3/c1-2-18-12-7-9(3-4-13(12)19(20)21)22-14-10(16)5-8(15)6-11(14)17/h3-7,18H,2H2,1H3. The summed E-state index contributed by atoms with van der Waals surface area (Å²) >= 11 is 17.9. The minimum atomic E-state index is -0.468. The largest absolute Gasteiger partial charge is 0.454 e. The predicted molar refractivity (Wildman–Crippen MR) is 88.8 cm³/mol. The molecule has 0 atom stereocenters. The first-order valence-corrected chi connectivity index (χ1v) is 7.40. The summed E-state index contributed by atoms with van der Waals surface area (Å²) in [4.78, 5) is 10.5. The number of rotatable bonds is 5. The molecule has 0 heterocycles. The van der Waals surface area contributed by atoms with Gasteiger partial charge in [0.1, 0.15) is 11.4 Å². The van der Waals surface area contributed by atoms with Crippen molar-refractivity contribution in [1.29, 1.82) is 0 Å². The Balaban J connectivity index is 2.38. The van der Waals surface area contributed by atoms with Crippen LogP contribution in [0.3, 0.4) is 0 Å². The summed E-state index contributed by atoms with van der Waals surface area (Å²) in [6.45, 7) is 2.37. The van der Waals surface area contributed by atoms with Crippen molar-refractivity contribution < 1.29 is 9.66 Å². The van der Waals surface area contributed by atoms with Crippen molar-refractivity contribution in [3.8, 4) is 11.5 Å². The first kappa shape index (κ1) is 16.7. The number of nitro groups is 1. The molecule has 0 aromatic heterocycles. The SMILES string of the molecule is CCNc1cc(Oc2c(Cl)cc(Cl)cc2Cl)ccc1[N+](=O)[O-]. The topological polar surface area (TPSA) is 64.4 Å². The van der Waals surface area contributed by atoms with E-state index in [1.165, 1.54) is 30.3 Å². The second-order valence-corrected chi connectivity index (χ2v) is 5.52. The zero-order valence-electron chi connectivity index (χ0n) is 11.4. The maximum Gasteiger partial charge on any atom is 0.292 e. The molecule has 0 saturated heterocycles. The van der Waals surface area contributed by atoms with E-state index in [-0.39, 0.29) is 21.5 Å². The van der Waals surface area contributed by atoms with Gasteiger partial charge in [0.25, 0.3) is 5.69 Å². The van der Waals surface area contributed by atoms with E-state index in [4.69, 9.17) is 39.5 Å². The fourth-order valence-electron chi connectivity index (χ4n) is 1.81. The number of anilines is 1. The monoisotopic (exact) mass is 360 g/mol. The van der Waals surface area contributed by atoms with Crippen molar-refractivity contribution in [3.63, 3.8) is 0 Å². The lowest BCUT2D eigenvalue weighted by atomic mass is 10.2. The van der Waals surface area contributed by atoms with Crippen molar-refractivity contribution in [2.24, 2.45) is 0 Å². The first-order chi connectivity index (χ1) is 10.4. The van der Waals surface area contributed by atoms with Crippen molar-refractivity contribution in [1.82, 2.24) is 0 Å². The Morgan fingerprint density at radius 1 is 1.18 bits per heavy atom. The van der Waals surface area contributed by atoms with E-state index in [1.807, 2.05) is 6.92 Å². The quantitative estimate of drug-likeness (QED) is 0.541. The van der Waals surface area contributed by atoms with Crippen LogP contribution >= 0.6 is 34.8 Å². The molecule has 0 amide bonds. The van der Waals surface area contributed by atoms with E-state index in [0.717, 1.165) is 0 Å². The fraction of sp³-hybridized carbons (Fsp3) is 0.143. The summed E-state index contributed by atoms with van der Waals surface area (Å²) in [6, 6.07) is 7.34. The van der Waals surface area contributed by atoms with Gasteiger partial charge in [-0.25, -0.2) is 0 Å². The van der Waals surface area contributed by atoms with Gasteiger partial charge in [-0.2, -0.15) is 0 Å². The highest BCUT2D eigenvalue weighted by Gasteiger charge is 2.16. The highest BCUT2D eigenvalue weighted by atomic mass is 35.5. The number of ether oxygens (including phenoxy) is 1. The maximum absolute atomic E-state index is 11.0. The number of hydrogen-bond acceptors (Lipinski definition) is 4. The van der Waals surface area contributed by atoms with Gasteiger partial charge < -0.3 is 10.1 Å². The van der Waals surface area contributed by atoms with Crippen LogP contribution in [0.4, 0.5) is 11.4 Å². The third-order valence-electron chi connectivity index (χ3n) is 2.71. The highest BCUT2D eigenvalue weighted by Crippen LogP contribution is 2.40. The van der Waals surface area contributed by atoms with Crippen molar-refractivity contribution >= 4 is 46.2 Å². The van der Waals surface area contributed by atoms with Gasteiger partial charge in [0, 0.05) is 23.7 Å². The highest BCUT2D eigenvalue weighted by molar-refractivity contribution is 6.40. The summed E-state index contributed by atoms with van der Waals surface area (Å²) < 4.78 is 5.63. The molecular formula is C14H11Cl3N2O3. The zero-order chi connectivity index (χ0) is 16.3. The van der Waals surface area contributed by atoms with E-state index < -0.39 is 4.92 Å². The summed E-state index contributed by atoms with van der Waals surface area (Å²) in [5.74, 6) is 0.608. The first-order valence-electron chi connectivity index (χ1n) is 6.27. The molecule has 0 spiro atoms. The molecule has 116 valence electrons. The van der Waals surface area contributed by atoms with Gasteiger partial charge in [0.2, 0.25) is 0 Å². The lowest BCUT2D eigenvalue weighted by molar-refractivity contribution is -0.384. The molecule has 0 saturated carbocycles. The van der Waals surface area contributed by atoms with Gasteiger partial charge >= 0.3 is 0 Å². The van der Waals surface area contributed by atoms with Gasteiger partial charge in [-0.3, -0.25) is 10.1 Å². The van der Waals surface area contributed by atoms with E-state index >= 15 is 0 Å². The molecule has 2 aromatic rings. The Labute approximate surface area is 141 Å². The predicted octanol–water partition coefficient (Wildman–Crippen LogP) is 5.78. The number of hydrogen-bond donors (Lipinski definition) is 1. The smallest absolute Gasteiger partial charge is 0.292 e. The maximum atomic E-state index is 11.0. The second kappa shape index (κ2) is 7.05. The molecule has 5 nitrogen and oxygen atoms in total. The van der Waals surface area contributed by atoms with Gasteiger partial charge in [-0.15, -0.1) is 0 Å². The number of benzene rings is 2. The van der Waals surface area contributed by atoms with Crippen molar-refractivity contribution in [3.05, 3.63) is 55.5 Å². The molecule has 0 aliphatic carbocycles. The summed E-state index contributed by atoms with van der Waals surface area (Å²) in [6.07, 6.45) is 0. The molecule has 2 rings (SSSR count). The molecule has 22 heavy (non-hydrogen) atoms. The van der Waals surface area contributed by atoms with Crippen LogP contribution in [0, 0.1) is 10.1 Å². The lowest BCUT2D eigenvalue weighted by Gasteiger charge is -2.12. The molecule has 0 aliphatic rings. The van der Waals surface area contributed by atoms with E-state index in [2.05, 4.69) is 5.32 Å². The fourth-order valence-corrected chi connectivity index (χ4v) is 2.71. The Bertz CT molecular complexity index is 699. The Kier molecular flexibility index (Phi) is 5.34. The van der Waals surface area contributed by atoms with E-state index in [1.54, 1.807) is 0 Å².